The van der Waals surface area contributed by atoms with Gasteiger partial charge in [-0.05, 0) is 32.9 Å². The highest BCUT2D eigenvalue weighted by atomic mass is 16.5. The summed E-state index contributed by atoms with van der Waals surface area (Å²) in [6, 6.07) is 3.71. The molecule has 0 saturated carbocycles. The number of likely N-dealkylation sites (N-methyl/N-ethyl adjacent to an activating group) is 1. The highest BCUT2D eigenvalue weighted by Gasteiger charge is 2.18. The summed E-state index contributed by atoms with van der Waals surface area (Å²) in [7, 11) is 3.41. The molecule has 0 fully saturated rings. The first-order valence-corrected chi connectivity index (χ1v) is 6.41. The molecule has 1 aromatic rings. The molecule has 106 valence electrons. The lowest BCUT2D eigenvalue weighted by molar-refractivity contribution is -0.135. The minimum atomic E-state index is -0.536. The number of rotatable bonds is 5. The molecule has 2 N–H and O–H groups in total. The molecule has 0 aliphatic carbocycles. The third kappa shape index (κ3) is 4.52. The van der Waals surface area contributed by atoms with Crippen molar-refractivity contribution in [2.45, 2.75) is 39.3 Å². The normalized spacial score (nSPS) is 13.8. The van der Waals surface area contributed by atoms with E-state index in [2.05, 4.69) is 4.98 Å². The molecule has 0 saturated heterocycles. The lowest BCUT2D eigenvalue weighted by atomic mass is 10.1. The van der Waals surface area contributed by atoms with E-state index in [0.29, 0.717) is 12.2 Å². The summed E-state index contributed by atoms with van der Waals surface area (Å²) in [6.07, 6.45) is 0.0891. The summed E-state index contributed by atoms with van der Waals surface area (Å²) in [5.41, 5.74) is 7.52. The lowest BCUT2D eigenvalue weighted by Crippen LogP contribution is -2.35. The first-order chi connectivity index (χ1) is 8.81. The van der Waals surface area contributed by atoms with Crippen LogP contribution in [0.3, 0.4) is 0 Å². The number of hydrogen-bond donors (Lipinski definition) is 1. The number of aryl methyl sites for hydroxylation is 1. The molecule has 5 nitrogen and oxygen atoms in total. The maximum absolute atomic E-state index is 11.8. The quantitative estimate of drug-likeness (QED) is 0.866. The Bertz CT molecular complexity index is 444. The summed E-state index contributed by atoms with van der Waals surface area (Å²) in [4.78, 5) is 17.8. The van der Waals surface area contributed by atoms with E-state index in [4.69, 9.17) is 10.5 Å². The van der Waals surface area contributed by atoms with Crippen LogP contribution in [0.2, 0.25) is 0 Å². The molecule has 0 spiro atoms. The van der Waals surface area contributed by atoms with Crippen LogP contribution in [0.15, 0.2) is 12.1 Å². The summed E-state index contributed by atoms with van der Waals surface area (Å²) in [5.74, 6) is 0.554. The van der Waals surface area contributed by atoms with Crippen LogP contribution in [-0.4, -0.2) is 42.0 Å². The Morgan fingerprint density at radius 1 is 1.42 bits per heavy atom. The topological polar surface area (TPSA) is 68.5 Å². The minimum Gasteiger partial charge on any atom is -0.479 e. The van der Waals surface area contributed by atoms with Gasteiger partial charge in [-0.2, -0.15) is 0 Å². The molecular weight excluding hydrogens is 242 g/mol. The largest absolute Gasteiger partial charge is 0.479 e. The number of ether oxygens (including phenoxy) is 1. The molecular formula is C14H23N3O2. The van der Waals surface area contributed by atoms with Crippen molar-refractivity contribution in [3.05, 3.63) is 23.5 Å². The van der Waals surface area contributed by atoms with Crippen LogP contribution in [0, 0.1) is 6.92 Å². The second-order valence-corrected chi connectivity index (χ2v) is 5.07. The average molecular weight is 265 g/mol. The maximum atomic E-state index is 11.8. The number of hydrogen-bond acceptors (Lipinski definition) is 4. The smallest absolute Gasteiger partial charge is 0.262 e. The fourth-order valence-corrected chi connectivity index (χ4v) is 1.76. The van der Waals surface area contributed by atoms with Crippen molar-refractivity contribution >= 4 is 5.91 Å². The van der Waals surface area contributed by atoms with Crippen molar-refractivity contribution < 1.29 is 9.53 Å². The van der Waals surface area contributed by atoms with Gasteiger partial charge in [0.25, 0.3) is 5.91 Å². The van der Waals surface area contributed by atoms with Crippen LogP contribution < -0.4 is 10.5 Å². The standard InChI is InChI=1S/C14H23N3O2/c1-9(15)8-12-13(7-6-10(2)16-12)19-11(3)14(18)17(4)5/h6-7,9,11H,8,15H2,1-5H3. The van der Waals surface area contributed by atoms with E-state index in [9.17, 15) is 4.79 Å². The molecule has 19 heavy (non-hydrogen) atoms. The van der Waals surface area contributed by atoms with Gasteiger partial charge in [-0.1, -0.05) is 0 Å². The van der Waals surface area contributed by atoms with E-state index in [-0.39, 0.29) is 11.9 Å². The van der Waals surface area contributed by atoms with E-state index >= 15 is 0 Å². The Hall–Kier alpha value is -1.62. The van der Waals surface area contributed by atoms with Gasteiger partial charge in [-0.15, -0.1) is 0 Å². The highest BCUT2D eigenvalue weighted by Crippen LogP contribution is 2.20. The zero-order valence-electron chi connectivity index (χ0n) is 12.3. The highest BCUT2D eigenvalue weighted by molar-refractivity contribution is 5.80. The predicted octanol–water partition coefficient (Wildman–Crippen LogP) is 1.14. The van der Waals surface area contributed by atoms with Crippen LogP contribution >= 0.6 is 0 Å². The molecule has 1 amide bonds. The van der Waals surface area contributed by atoms with E-state index < -0.39 is 6.10 Å². The summed E-state index contributed by atoms with van der Waals surface area (Å²) in [6.45, 7) is 5.57. The zero-order chi connectivity index (χ0) is 14.6. The molecule has 5 heteroatoms. The average Bonchev–Trinajstić information content (AvgIpc) is 2.30. The molecule has 1 aromatic heterocycles. The first kappa shape index (κ1) is 15.4. The van der Waals surface area contributed by atoms with Gasteiger partial charge in [0.1, 0.15) is 5.75 Å². The van der Waals surface area contributed by atoms with Crippen molar-refractivity contribution in [1.82, 2.24) is 9.88 Å². The number of carbonyl (C=O) groups excluding carboxylic acids is 1. The van der Waals surface area contributed by atoms with Crippen molar-refractivity contribution in [3.8, 4) is 5.75 Å². The van der Waals surface area contributed by atoms with Crippen molar-refractivity contribution in [2.24, 2.45) is 5.73 Å². The fourth-order valence-electron chi connectivity index (χ4n) is 1.76. The Morgan fingerprint density at radius 2 is 2.05 bits per heavy atom. The number of carbonyl (C=O) groups is 1. The van der Waals surface area contributed by atoms with Gasteiger partial charge >= 0.3 is 0 Å². The monoisotopic (exact) mass is 265 g/mol. The van der Waals surface area contributed by atoms with Crippen LogP contribution in [0.1, 0.15) is 25.2 Å². The number of nitrogens with zero attached hydrogens (tertiary/aromatic N) is 2. The molecule has 0 aliphatic heterocycles. The molecule has 1 rings (SSSR count). The molecule has 0 aromatic carbocycles. The van der Waals surface area contributed by atoms with E-state index in [1.54, 1.807) is 21.0 Å². The number of aromatic nitrogens is 1. The van der Waals surface area contributed by atoms with Gasteiger partial charge in [-0.3, -0.25) is 9.78 Å². The zero-order valence-corrected chi connectivity index (χ0v) is 12.3. The summed E-state index contributed by atoms with van der Waals surface area (Å²) < 4.78 is 5.72. The minimum absolute atomic E-state index is 0.00323. The Balaban J connectivity index is 2.91. The van der Waals surface area contributed by atoms with E-state index in [1.165, 1.54) is 4.90 Å². The summed E-state index contributed by atoms with van der Waals surface area (Å²) >= 11 is 0. The number of pyridine rings is 1. The molecule has 0 radical (unpaired) electrons. The lowest BCUT2D eigenvalue weighted by Gasteiger charge is -2.20. The third-order valence-electron chi connectivity index (χ3n) is 2.68. The molecule has 0 aliphatic rings. The molecule has 1 heterocycles. The van der Waals surface area contributed by atoms with Gasteiger partial charge < -0.3 is 15.4 Å². The fraction of sp³-hybridized carbons (Fsp3) is 0.571. The molecule has 0 bridgehead atoms. The molecule has 2 atom stereocenters. The Morgan fingerprint density at radius 3 is 2.58 bits per heavy atom. The van der Waals surface area contributed by atoms with Gasteiger partial charge in [0.15, 0.2) is 6.10 Å². The van der Waals surface area contributed by atoms with Crippen molar-refractivity contribution in [2.75, 3.05) is 14.1 Å². The second-order valence-electron chi connectivity index (χ2n) is 5.07. The van der Waals surface area contributed by atoms with Crippen LogP contribution in [0.25, 0.3) is 0 Å². The third-order valence-corrected chi connectivity index (χ3v) is 2.68. The Kier molecular flexibility index (Phi) is 5.30. The van der Waals surface area contributed by atoms with Gasteiger partial charge in [-0.25, -0.2) is 0 Å². The maximum Gasteiger partial charge on any atom is 0.262 e. The van der Waals surface area contributed by atoms with Crippen LogP contribution in [0.5, 0.6) is 5.75 Å². The SMILES string of the molecule is Cc1ccc(OC(C)C(=O)N(C)C)c(CC(C)N)n1. The summed E-state index contributed by atoms with van der Waals surface area (Å²) in [5, 5.41) is 0. The predicted molar refractivity (Wildman–Crippen MR) is 75.1 cm³/mol. The number of nitrogens with two attached hydrogens (primary N) is 1. The number of amides is 1. The molecule has 2 unspecified atom stereocenters. The van der Waals surface area contributed by atoms with Crippen molar-refractivity contribution in [1.29, 1.82) is 0 Å². The van der Waals surface area contributed by atoms with Gasteiger partial charge in [0.2, 0.25) is 0 Å². The van der Waals surface area contributed by atoms with E-state index in [1.807, 2.05) is 26.0 Å². The van der Waals surface area contributed by atoms with Crippen molar-refractivity contribution in [3.63, 3.8) is 0 Å². The van der Waals surface area contributed by atoms with Crippen LogP contribution in [-0.2, 0) is 11.2 Å². The van der Waals surface area contributed by atoms with Gasteiger partial charge in [0, 0.05) is 32.3 Å². The van der Waals surface area contributed by atoms with Gasteiger partial charge in [0.05, 0.1) is 5.69 Å². The van der Waals surface area contributed by atoms with E-state index in [0.717, 1.165) is 11.4 Å². The van der Waals surface area contributed by atoms with Crippen LogP contribution in [0.4, 0.5) is 0 Å². The second kappa shape index (κ2) is 6.52. The first-order valence-electron chi connectivity index (χ1n) is 6.41. The Labute approximate surface area is 114 Å².